The topological polar surface area (TPSA) is 273 Å². The van der Waals surface area contributed by atoms with Crippen molar-refractivity contribution < 1.29 is 28.4 Å². The molecule has 1 saturated carbocycles. The van der Waals surface area contributed by atoms with Crippen molar-refractivity contribution in [2.45, 2.75) is 147 Å². The van der Waals surface area contributed by atoms with E-state index in [1.807, 2.05) is 24.3 Å². The molecule has 2 aromatic carbocycles. The number of primary amides is 2. The van der Waals surface area contributed by atoms with Crippen molar-refractivity contribution in [1.82, 2.24) is 36.0 Å². The van der Waals surface area contributed by atoms with Crippen LogP contribution in [0.4, 0.5) is 23.6 Å². The highest BCUT2D eigenvalue weighted by atomic mass is 79.9. The number of unbranched alkanes of at least 4 members (excludes halogenated alkanes) is 3. The van der Waals surface area contributed by atoms with Crippen molar-refractivity contribution >= 4 is 46.0 Å². The number of hydrogen-bond acceptors (Lipinski definition) is 8. The molecule has 3 rings (SSSR count). The highest BCUT2D eigenvalue weighted by Crippen LogP contribution is 2.27. The highest BCUT2D eigenvalue weighted by molar-refractivity contribution is 9.10. The van der Waals surface area contributed by atoms with Gasteiger partial charge in [0.1, 0.15) is 5.82 Å². The molecule has 70 heavy (non-hydrogen) atoms. The first-order valence-corrected chi connectivity index (χ1v) is 26.7. The molecule has 394 valence electrons. The largest absolute Gasteiger partial charge is 0.370 e. The summed E-state index contributed by atoms with van der Waals surface area (Å²) in [5.74, 6) is -0.256. The number of urea groups is 4. The maximum Gasteiger partial charge on any atom is 0.317 e. The van der Waals surface area contributed by atoms with Gasteiger partial charge in [0, 0.05) is 62.7 Å². The Labute approximate surface area is 425 Å². The third-order valence-corrected chi connectivity index (χ3v) is 13.7. The van der Waals surface area contributed by atoms with E-state index in [2.05, 4.69) is 37.2 Å². The number of aryl methyl sites for hydroxylation is 1. The number of amides is 9. The second kappa shape index (κ2) is 35.4. The molecule has 0 heterocycles. The van der Waals surface area contributed by atoms with Crippen LogP contribution in [0.15, 0.2) is 53.0 Å². The van der Waals surface area contributed by atoms with Crippen LogP contribution in [0, 0.1) is 11.7 Å². The average Bonchev–Trinajstić information content (AvgIpc) is 3.34. The van der Waals surface area contributed by atoms with Gasteiger partial charge in [-0.3, -0.25) is 4.79 Å². The minimum atomic E-state index is -0.707. The maximum atomic E-state index is 14.9. The first-order valence-electron chi connectivity index (χ1n) is 25.9. The molecule has 3 atom stereocenters. The number of benzene rings is 2. The molecule has 2 aromatic rings. The molecule has 9 amide bonds. The Bertz CT molecular complexity index is 1790. The lowest BCUT2D eigenvalue weighted by molar-refractivity contribution is -0.118. The standard InChI is InChI=1S/C51H86BrFN12O5/c52-42-23-19-41(20-24-42)27-34-61-51(70)65(45(17-5-8-30-55)37-63(35-28-47(57)66)49(68)59-32-11-15-40-21-25-43(53)26-22-40)38-46(18-6-9-31-56)64(36-44(62-48(58)67)16-4-7-29-54)50(69)60-33-10-14-39-12-2-1-3-13-39/h19-26,39,44-46H,1-18,27-38,54-56H2,(H2,57,66)(H,59,68)(H,60,69)(H,61,70)(H3,58,62,67)/t44-,45-,46-/m0/s1. The van der Waals surface area contributed by atoms with Crippen LogP contribution >= 0.6 is 15.9 Å². The van der Waals surface area contributed by atoms with Crippen LogP contribution in [0.2, 0.25) is 0 Å². The van der Waals surface area contributed by atoms with Crippen LogP contribution in [0.1, 0.15) is 127 Å². The van der Waals surface area contributed by atoms with Gasteiger partial charge < -0.3 is 64.6 Å². The van der Waals surface area contributed by atoms with E-state index in [4.69, 9.17) is 28.7 Å². The van der Waals surface area contributed by atoms with E-state index in [-0.39, 0.29) is 50.5 Å². The normalized spacial score (nSPS) is 14.0. The monoisotopic (exact) mass is 1040 g/mol. The lowest BCUT2D eigenvalue weighted by Crippen LogP contribution is -2.60. The van der Waals surface area contributed by atoms with Gasteiger partial charge in [-0.25, -0.2) is 23.6 Å². The van der Waals surface area contributed by atoms with Crippen LogP contribution in [0.5, 0.6) is 0 Å². The van der Waals surface area contributed by atoms with Crippen LogP contribution in [0.3, 0.4) is 0 Å². The maximum absolute atomic E-state index is 14.9. The number of hydrogen-bond donors (Lipinski definition) is 9. The summed E-state index contributed by atoms with van der Waals surface area (Å²) in [6.45, 7) is 2.66. The molecule has 1 aliphatic carbocycles. The fourth-order valence-corrected chi connectivity index (χ4v) is 9.47. The van der Waals surface area contributed by atoms with E-state index in [1.165, 1.54) is 49.1 Å². The molecular weight excluding hydrogens is 960 g/mol. The predicted molar refractivity (Wildman–Crippen MR) is 280 cm³/mol. The average molecular weight is 1050 g/mol. The summed E-state index contributed by atoms with van der Waals surface area (Å²) < 4.78 is 14.5. The van der Waals surface area contributed by atoms with Crippen molar-refractivity contribution in [3.05, 3.63) is 69.9 Å². The van der Waals surface area contributed by atoms with Gasteiger partial charge in [-0.15, -0.1) is 0 Å². The van der Waals surface area contributed by atoms with Crippen molar-refractivity contribution in [2.75, 3.05) is 65.4 Å². The van der Waals surface area contributed by atoms with Gasteiger partial charge in [0.05, 0.1) is 12.1 Å². The molecule has 17 nitrogen and oxygen atoms in total. The first-order chi connectivity index (χ1) is 33.8. The van der Waals surface area contributed by atoms with E-state index in [1.54, 1.807) is 21.9 Å². The zero-order valence-electron chi connectivity index (χ0n) is 41.7. The fraction of sp³-hybridized carbons (Fsp3) is 0.667. The molecule has 0 radical (unpaired) electrons. The van der Waals surface area contributed by atoms with E-state index in [0.29, 0.717) is 116 Å². The van der Waals surface area contributed by atoms with Gasteiger partial charge in [-0.1, -0.05) is 91.6 Å². The Morgan fingerprint density at radius 1 is 0.614 bits per heavy atom. The lowest BCUT2D eigenvalue weighted by atomic mass is 9.86. The summed E-state index contributed by atoms with van der Waals surface area (Å²) in [6.07, 6.45) is 15.1. The quantitative estimate of drug-likeness (QED) is 0.0358. The van der Waals surface area contributed by atoms with Gasteiger partial charge >= 0.3 is 24.1 Å². The van der Waals surface area contributed by atoms with Crippen LogP contribution in [0.25, 0.3) is 0 Å². The number of carbonyl (C=O) groups is 5. The van der Waals surface area contributed by atoms with Gasteiger partial charge in [-0.05, 0) is 132 Å². The number of carbonyl (C=O) groups excluding carboxylic acids is 5. The number of rotatable bonds is 35. The van der Waals surface area contributed by atoms with Crippen molar-refractivity contribution in [3.63, 3.8) is 0 Å². The summed E-state index contributed by atoms with van der Waals surface area (Å²) in [6, 6.07) is 10.6. The van der Waals surface area contributed by atoms with E-state index in [0.717, 1.165) is 34.9 Å². The van der Waals surface area contributed by atoms with Gasteiger partial charge in [0.25, 0.3) is 0 Å². The Hall–Kier alpha value is -4.72. The summed E-state index contributed by atoms with van der Waals surface area (Å²) in [7, 11) is 0. The molecule has 1 fully saturated rings. The van der Waals surface area contributed by atoms with Crippen LogP contribution < -0.4 is 49.9 Å². The third-order valence-electron chi connectivity index (χ3n) is 13.1. The molecule has 19 heteroatoms. The predicted octanol–water partition coefficient (Wildman–Crippen LogP) is 6.20. The van der Waals surface area contributed by atoms with Crippen molar-refractivity contribution in [1.29, 1.82) is 0 Å². The second-order valence-corrected chi connectivity index (χ2v) is 19.7. The minimum Gasteiger partial charge on any atom is -0.370 e. The minimum absolute atomic E-state index is 0.00409. The Balaban J connectivity index is 2.06. The molecule has 0 bridgehead atoms. The molecule has 1 aliphatic rings. The number of nitrogens with two attached hydrogens (primary N) is 5. The van der Waals surface area contributed by atoms with Crippen LogP contribution in [-0.4, -0.2) is 128 Å². The smallest absolute Gasteiger partial charge is 0.317 e. The van der Waals surface area contributed by atoms with E-state index >= 15 is 0 Å². The molecule has 0 spiro atoms. The van der Waals surface area contributed by atoms with Gasteiger partial charge in [-0.2, -0.15) is 0 Å². The molecule has 0 unspecified atom stereocenters. The van der Waals surface area contributed by atoms with Crippen molar-refractivity contribution in [2.24, 2.45) is 34.6 Å². The molecular formula is C51H86BrFN12O5. The number of halogens is 2. The van der Waals surface area contributed by atoms with E-state index < -0.39 is 36.1 Å². The molecule has 0 saturated heterocycles. The fourth-order valence-electron chi connectivity index (χ4n) is 9.20. The molecule has 14 N–H and O–H groups in total. The number of nitrogens with zero attached hydrogens (tertiary/aromatic N) is 3. The zero-order valence-corrected chi connectivity index (χ0v) is 43.3. The summed E-state index contributed by atoms with van der Waals surface area (Å²) >= 11 is 3.49. The van der Waals surface area contributed by atoms with Crippen molar-refractivity contribution in [3.8, 4) is 0 Å². The summed E-state index contributed by atoms with van der Waals surface area (Å²) in [5, 5.41) is 12.2. The second-order valence-electron chi connectivity index (χ2n) is 18.8. The lowest BCUT2D eigenvalue weighted by Gasteiger charge is -2.41. The third kappa shape index (κ3) is 24.9. The Morgan fingerprint density at radius 3 is 1.74 bits per heavy atom. The first kappa shape index (κ1) is 59.6. The van der Waals surface area contributed by atoms with E-state index in [9.17, 15) is 28.4 Å². The molecule has 0 aromatic heterocycles. The summed E-state index contributed by atoms with van der Waals surface area (Å²) in [4.78, 5) is 73.5. The SMILES string of the molecule is NCCCC[C@@H](CN(C(=O)NCCCC1CCCCC1)[C@@H](CCCCN)CN(C(=O)NCCc1ccc(Br)cc1)[C@@H](CCCCN)CN(CCC(N)=O)C(=O)NCCCc1ccc(F)cc1)NC(N)=O. The Morgan fingerprint density at radius 2 is 1.14 bits per heavy atom. The Kier molecular flexibility index (Phi) is 30.1. The molecule has 0 aliphatic heterocycles. The van der Waals surface area contributed by atoms with Gasteiger partial charge in [0.15, 0.2) is 0 Å². The number of nitrogens with one attached hydrogen (secondary N) is 4. The zero-order chi connectivity index (χ0) is 50.9. The van der Waals surface area contributed by atoms with Crippen LogP contribution in [-0.2, 0) is 17.6 Å². The highest BCUT2D eigenvalue weighted by Gasteiger charge is 2.34. The summed E-state index contributed by atoms with van der Waals surface area (Å²) in [5.41, 5.74) is 31.3. The van der Waals surface area contributed by atoms with Gasteiger partial charge in [0.2, 0.25) is 5.91 Å².